The predicted octanol–water partition coefficient (Wildman–Crippen LogP) is 2.66. The van der Waals surface area contributed by atoms with Crippen molar-refractivity contribution in [1.82, 2.24) is 0 Å². The summed E-state index contributed by atoms with van der Waals surface area (Å²) in [5.41, 5.74) is -2.02. The van der Waals surface area contributed by atoms with Crippen molar-refractivity contribution >= 4 is 11.4 Å². The zero-order chi connectivity index (χ0) is 11.6. The number of hydrogen-bond donors (Lipinski definition) is 1. The Morgan fingerprint density at radius 2 is 2.00 bits per heavy atom. The first-order chi connectivity index (χ1) is 6.86. The van der Waals surface area contributed by atoms with Crippen LogP contribution in [0.4, 0.5) is 24.5 Å². The van der Waals surface area contributed by atoms with Gasteiger partial charge in [-0.05, 0) is 12.1 Å². The number of halogens is 3. The van der Waals surface area contributed by atoms with Crippen molar-refractivity contribution in [3.05, 3.63) is 33.9 Å². The lowest BCUT2D eigenvalue weighted by molar-refractivity contribution is -0.388. The third-order valence-electron chi connectivity index (χ3n) is 1.79. The molecule has 7 heteroatoms. The summed E-state index contributed by atoms with van der Waals surface area (Å²) in [6.07, 6.45) is -4.73. The van der Waals surface area contributed by atoms with Crippen LogP contribution in [0.5, 0.6) is 0 Å². The summed E-state index contributed by atoms with van der Waals surface area (Å²) < 4.78 is 37.2. The van der Waals surface area contributed by atoms with E-state index in [0.29, 0.717) is 6.07 Å². The fourth-order valence-corrected chi connectivity index (χ4v) is 1.08. The molecule has 0 atom stereocenters. The first kappa shape index (κ1) is 11.3. The van der Waals surface area contributed by atoms with Gasteiger partial charge in [-0.1, -0.05) is 0 Å². The van der Waals surface area contributed by atoms with Crippen LogP contribution in [0, 0.1) is 10.1 Å². The molecule has 0 aliphatic rings. The van der Waals surface area contributed by atoms with Gasteiger partial charge in [-0.25, -0.2) is 0 Å². The molecule has 0 amide bonds. The van der Waals surface area contributed by atoms with Crippen molar-refractivity contribution in [2.75, 3.05) is 12.4 Å². The Morgan fingerprint density at radius 3 is 2.40 bits per heavy atom. The highest BCUT2D eigenvalue weighted by atomic mass is 19.4. The highest BCUT2D eigenvalue weighted by Gasteiger charge is 2.38. The van der Waals surface area contributed by atoms with Crippen LogP contribution in [0.2, 0.25) is 0 Å². The molecule has 1 aromatic carbocycles. The number of nitro benzene ring substituents is 1. The van der Waals surface area contributed by atoms with E-state index in [0.717, 1.165) is 6.07 Å². The number of benzene rings is 1. The molecule has 0 unspecified atom stereocenters. The van der Waals surface area contributed by atoms with E-state index < -0.39 is 22.4 Å². The number of nitrogens with one attached hydrogen (secondary N) is 1. The molecule has 0 heterocycles. The molecule has 1 aromatic rings. The standard InChI is InChI=1S/C8H7F3N2O2/c1-12-5-2-3-7(13(14)15)6(4-5)8(9,10)11/h2-4,12H,1H3. The molecular formula is C8H7F3N2O2. The van der Waals surface area contributed by atoms with E-state index in [1.54, 1.807) is 0 Å². The first-order valence-corrected chi connectivity index (χ1v) is 3.89. The Balaban J connectivity index is 3.36. The van der Waals surface area contributed by atoms with Crippen molar-refractivity contribution in [3.63, 3.8) is 0 Å². The van der Waals surface area contributed by atoms with E-state index in [-0.39, 0.29) is 5.69 Å². The molecule has 4 nitrogen and oxygen atoms in total. The highest BCUT2D eigenvalue weighted by Crippen LogP contribution is 2.37. The van der Waals surface area contributed by atoms with Gasteiger partial charge in [-0.2, -0.15) is 13.2 Å². The van der Waals surface area contributed by atoms with Gasteiger partial charge >= 0.3 is 6.18 Å². The summed E-state index contributed by atoms with van der Waals surface area (Å²) >= 11 is 0. The summed E-state index contributed by atoms with van der Waals surface area (Å²) in [5.74, 6) is 0. The summed E-state index contributed by atoms with van der Waals surface area (Å²) in [6, 6.07) is 2.75. The maximum atomic E-state index is 12.4. The second-order valence-electron chi connectivity index (χ2n) is 2.74. The first-order valence-electron chi connectivity index (χ1n) is 3.89. The van der Waals surface area contributed by atoms with Crippen molar-refractivity contribution in [2.45, 2.75) is 6.18 Å². The number of nitrogens with zero attached hydrogens (tertiary/aromatic N) is 1. The number of rotatable bonds is 2. The summed E-state index contributed by atoms with van der Waals surface area (Å²) in [6.45, 7) is 0. The number of anilines is 1. The summed E-state index contributed by atoms with van der Waals surface area (Å²) in [5, 5.41) is 12.8. The van der Waals surface area contributed by atoms with Crippen LogP contribution in [-0.2, 0) is 6.18 Å². The third kappa shape index (κ3) is 2.36. The molecule has 0 radical (unpaired) electrons. The van der Waals surface area contributed by atoms with Gasteiger partial charge in [0.15, 0.2) is 0 Å². The third-order valence-corrected chi connectivity index (χ3v) is 1.79. The van der Waals surface area contributed by atoms with Crippen LogP contribution in [0.3, 0.4) is 0 Å². The van der Waals surface area contributed by atoms with E-state index in [2.05, 4.69) is 5.32 Å². The molecule has 1 rings (SSSR count). The monoisotopic (exact) mass is 220 g/mol. The molecule has 0 spiro atoms. The summed E-state index contributed by atoms with van der Waals surface area (Å²) in [7, 11) is 1.43. The topological polar surface area (TPSA) is 55.2 Å². The number of alkyl halides is 3. The van der Waals surface area contributed by atoms with E-state index in [1.807, 2.05) is 0 Å². The van der Waals surface area contributed by atoms with Crippen LogP contribution in [0.1, 0.15) is 5.56 Å². The van der Waals surface area contributed by atoms with Crippen LogP contribution < -0.4 is 5.32 Å². The molecule has 0 bridgehead atoms. The normalized spacial score (nSPS) is 11.2. The minimum Gasteiger partial charge on any atom is -0.388 e. The molecule has 82 valence electrons. The lowest BCUT2D eigenvalue weighted by Crippen LogP contribution is -2.09. The molecule has 1 N–H and O–H groups in total. The molecule has 0 saturated carbocycles. The zero-order valence-corrected chi connectivity index (χ0v) is 7.63. The average molecular weight is 220 g/mol. The Labute approximate surface area is 82.9 Å². The quantitative estimate of drug-likeness (QED) is 0.615. The highest BCUT2D eigenvalue weighted by molar-refractivity contribution is 5.54. The maximum absolute atomic E-state index is 12.4. The van der Waals surface area contributed by atoms with Crippen LogP contribution in [0.15, 0.2) is 18.2 Å². The lowest BCUT2D eigenvalue weighted by atomic mass is 10.1. The molecule has 0 aliphatic heterocycles. The van der Waals surface area contributed by atoms with Gasteiger partial charge in [-0.15, -0.1) is 0 Å². The largest absolute Gasteiger partial charge is 0.423 e. The van der Waals surface area contributed by atoms with Gasteiger partial charge in [-0.3, -0.25) is 10.1 Å². The lowest BCUT2D eigenvalue weighted by Gasteiger charge is -2.09. The van der Waals surface area contributed by atoms with Gasteiger partial charge in [0, 0.05) is 18.8 Å². The molecule has 0 fully saturated rings. The molecule has 15 heavy (non-hydrogen) atoms. The van der Waals surface area contributed by atoms with Crippen LogP contribution in [-0.4, -0.2) is 12.0 Å². The van der Waals surface area contributed by atoms with Crippen molar-refractivity contribution in [2.24, 2.45) is 0 Å². The Morgan fingerprint density at radius 1 is 1.40 bits per heavy atom. The van der Waals surface area contributed by atoms with E-state index in [4.69, 9.17) is 0 Å². The van der Waals surface area contributed by atoms with E-state index >= 15 is 0 Å². The molecule has 0 aromatic heterocycles. The van der Waals surface area contributed by atoms with E-state index in [9.17, 15) is 23.3 Å². The van der Waals surface area contributed by atoms with Crippen LogP contribution in [0.25, 0.3) is 0 Å². The van der Waals surface area contributed by atoms with Crippen molar-refractivity contribution in [1.29, 1.82) is 0 Å². The SMILES string of the molecule is CNc1ccc([N+](=O)[O-])c(C(F)(F)F)c1. The zero-order valence-electron chi connectivity index (χ0n) is 7.63. The fraction of sp³-hybridized carbons (Fsp3) is 0.250. The van der Waals surface area contributed by atoms with Crippen molar-refractivity contribution < 1.29 is 18.1 Å². The van der Waals surface area contributed by atoms with Gasteiger partial charge in [0.25, 0.3) is 5.69 Å². The minimum absolute atomic E-state index is 0.174. The maximum Gasteiger partial charge on any atom is 0.423 e. The number of hydrogen-bond acceptors (Lipinski definition) is 3. The molecule has 0 saturated heterocycles. The van der Waals surface area contributed by atoms with Gasteiger partial charge in [0.05, 0.1) is 4.92 Å². The average Bonchev–Trinajstić information content (AvgIpc) is 2.15. The number of nitro groups is 1. The Hall–Kier alpha value is -1.79. The van der Waals surface area contributed by atoms with E-state index in [1.165, 1.54) is 13.1 Å². The second kappa shape index (κ2) is 3.76. The van der Waals surface area contributed by atoms with Crippen LogP contribution >= 0.6 is 0 Å². The Bertz CT molecular complexity index is 390. The van der Waals surface area contributed by atoms with Crippen molar-refractivity contribution in [3.8, 4) is 0 Å². The predicted molar refractivity (Wildman–Crippen MR) is 47.6 cm³/mol. The molecule has 0 aliphatic carbocycles. The van der Waals surface area contributed by atoms with Gasteiger partial charge in [0.1, 0.15) is 5.56 Å². The smallest absolute Gasteiger partial charge is 0.388 e. The van der Waals surface area contributed by atoms with Gasteiger partial charge < -0.3 is 5.32 Å². The summed E-state index contributed by atoms with van der Waals surface area (Å²) in [4.78, 5) is 9.30. The minimum atomic E-state index is -4.73. The fourth-order valence-electron chi connectivity index (χ4n) is 1.08. The molecular weight excluding hydrogens is 213 g/mol. The Kier molecular flexibility index (Phi) is 2.83. The van der Waals surface area contributed by atoms with Gasteiger partial charge in [0.2, 0.25) is 0 Å². The second-order valence-corrected chi connectivity index (χ2v) is 2.74.